The summed E-state index contributed by atoms with van der Waals surface area (Å²) in [7, 11) is 0. The average Bonchev–Trinajstić information content (AvgIpc) is 3.21. The van der Waals surface area contributed by atoms with E-state index in [1.807, 2.05) is 0 Å². The molecule has 0 aliphatic heterocycles. The predicted octanol–water partition coefficient (Wildman–Crippen LogP) is 3.76. The molecule has 3 aromatic rings. The molecule has 170 valence electrons. The summed E-state index contributed by atoms with van der Waals surface area (Å²) >= 11 is 5.96. The number of aliphatic hydroxyl groups excluding tert-OH is 1. The Morgan fingerprint density at radius 2 is 2.03 bits per heavy atom. The van der Waals surface area contributed by atoms with Gasteiger partial charge in [0.25, 0.3) is 0 Å². The van der Waals surface area contributed by atoms with Crippen molar-refractivity contribution in [1.29, 1.82) is 0 Å². The topological polar surface area (TPSA) is 92.1 Å². The van der Waals surface area contributed by atoms with Gasteiger partial charge in [0.15, 0.2) is 5.69 Å². The highest BCUT2D eigenvalue weighted by atomic mass is 35.5. The Bertz CT molecular complexity index is 1070. The number of aliphatic hydroxyl groups is 1. The van der Waals surface area contributed by atoms with E-state index in [1.54, 1.807) is 37.3 Å². The SMILES string of the molecule is CC(C(=O)NCc1cc(C(F)(F)F)nn1-c1cccc(Cl)c1)c1ccc(NCCO)nc1. The van der Waals surface area contributed by atoms with Crippen molar-refractivity contribution in [3.8, 4) is 5.69 Å². The summed E-state index contributed by atoms with van der Waals surface area (Å²) in [5.74, 6) is -0.408. The molecule has 2 aromatic heterocycles. The lowest BCUT2D eigenvalue weighted by Crippen LogP contribution is -2.28. The third kappa shape index (κ3) is 5.77. The molecule has 3 N–H and O–H groups in total. The van der Waals surface area contributed by atoms with Crippen LogP contribution in [0.5, 0.6) is 0 Å². The maximum absolute atomic E-state index is 13.2. The summed E-state index contributed by atoms with van der Waals surface area (Å²) in [6.45, 7) is 1.82. The number of anilines is 1. The van der Waals surface area contributed by atoms with E-state index in [0.29, 0.717) is 28.6 Å². The third-order valence-electron chi connectivity index (χ3n) is 4.67. The first-order chi connectivity index (χ1) is 15.2. The van der Waals surface area contributed by atoms with Crippen LogP contribution in [0.1, 0.15) is 29.8 Å². The van der Waals surface area contributed by atoms with Crippen LogP contribution < -0.4 is 10.6 Å². The van der Waals surface area contributed by atoms with E-state index in [0.717, 1.165) is 10.7 Å². The molecular formula is C21H21ClF3N5O2. The highest BCUT2D eigenvalue weighted by Crippen LogP contribution is 2.30. The number of nitrogens with zero attached hydrogens (tertiary/aromatic N) is 3. The minimum atomic E-state index is -4.63. The van der Waals surface area contributed by atoms with Gasteiger partial charge in [0.2, 0.25) is 5.91 Å². The highest BCUT2D eigenvalue weighted by Gasteiger charge is 2.35. The highest BCUT2D eigenvalue weighted by molar-refractivity contribution is 6.30. The molecule has 1 atom stereocenters. The van der Waals surface area contributed by atoms with Gasteiger partial charge in [-0.05, 0) is 42.8 Å². The van der Waals surface area contributed by atoms with Crippen molar-refractivity contribution in [3.05, 3.63) is 70.6 Å². The van der Waals surface area contributed by atoms with Gasteiger partial charge in [0.1, 0.15) is 5.82 Å². The van der Waals surface area contributed by atoms with Gasteiger partial charge in [-0.1, -0.05) is 23.7 Å². The molecule has 0 radical (unpaired) electrons. The van der Waals surface area contributed by atoms with Gasteiger partial charge in [-0.15, -0.1) is 0 Å². The number of pyridine rings is 1. The second-order valence-corrected chi connectivity index (χ2v) is 7.41. The molecule has 11 heteroatoms. The number of amides is 1. The number of benzene rings is 1. The number of nitrogens with one attached hydrogen (secondary N) is 2. The fourth-order valence-corrected chi connectivity index (χ4v) is 3.13. The Morgan fingerprint density at radius 3 is 2.66 bits per heavy atom. The quantitative estimate of drug-likeness (QED) is 0.469. The van der Waals surface area contributed by atoms with Gasteiger partial charge in [-0.25, -0.2) is 9.67 Å². The summed E-state index contributed by atoms with van der Waals surface area (Å²) in [5.41, 5.74) is 0.0728. The molecule has 0 saturated heterocycles. The number of carbonyl (C=O) groups is 1. The molecule has 32 heavy (non-hydrogen) atoms. The number of hydrogen-bond acceptors (Lipinski definition) is 5. The van der Waals surface area contributed by atoms with Crippen molar-refractivity contribution in [2.45, 2.75) is 25.6 Å². The number of carbonyl (C=O) groups excluding carboxylic acids is 1. The normalized spacial score (nSPS) is 12.4. The minimum Gasteiger partial charge on any atom is -0.395 e. The Balaban J connectivity index is 1.75. The van der Waals surface area contributed by atoms with Crippen molar-refractivity contribution in [2.75, 3.05) is 18.5 Å². The molecule has 2 heterocycles. The zero-order valence-corrected chi connectivity index (χ0v) is 17.8. The van der Waals surface area contributed by atoms with Crippen LogP contribution in [0, 0.1) is 0 Å². The van der Waals surface area contributed by atoms with Gasteiger partial charge >= 0.3 is 6.18 Å². The zero-order valence-electron chi connectivity index (χ0n) is 17.0. The van der Waals surface area contributed by atoms with Crippen molar-refractivity contribution >= 4 is 23.3 Å². The molecule has 1 amide bonds. The zero-order chi connectivity index (χ0) is 23.3. The monoisotopic (exact) mass is 467 g/mol. The number of halogens is 4. The van der Waals surface area contributed by atoms with Crippen LogP contribution in [0.2, 0.25) is 5.02 Å². The molecule has 1 unspecified atom stereocenters. The van der Waals surface area contributed by atoms with Crippen molar-refractivity contribution in [2.24, 2.45) is 0 Å². The molecule has 0 aliphatic carbocycles. The molecule has 0 fully saturated rings. The van der Waals surface area contributed by atoms with E-state index < -0.39 is 17.8 Å². The second kappa shape index (κ2) is 10.0. The van der Waals surface area contributed by atoms with Gasteiger partial charge in [0.05, 0.1) is 30.5 Å². The smallest absolute Gasteiger partial charge is 0.395 e. The van der Waals surface area contributed by atoms with Crippen LogP contribution in [-0.2, 0) is 17.5 Å². The molecule has 0 saturated carbocycles. The number of hydrogen-bond donors (Lipinski definition) is 3. The van der Waals surface area contributed by atoms with Crippen LogP contribution in [0.15, 0.2) is 48.7 Å². The first-order valence-electron chi connectivity index (χ1n) is 9.69. The van der Waals surface area contributed by atoms with E-state index >= 15 is 0 Å². The number of aromatic nitrogens is 3. The van der Waals surface area contributed by atoms with Crippen LogP contribution in [0.3, 0.4) is 0 Å². The third-order valence-corrected chi connectivity index (χ3v) is 4.90. The molecule has 7 nitrogen and oxygen atoms in total. The minimum absolute atomic E-state index is 0.0376. The predicted molar refractivity (Wildman–Crippen MR) is 114 cm³/mol. The number of rotatable bonds is 8. The van der Waals surface area contributed by atoms with Crippen molar-refractivity contribution < 1.29 is 23.1 Å². The maximum Gasteiger partial charge on any atom is 0.435 e. The van der Waals surface area contributed by atoms with E-state index in [1.165, 1.54) is 12.3 Å². The molecule has 0 spiro atoms. The summed E-state index contributed by atoms with van der Waals surface area (Å²) in [6, 6.07) is 10.6. The molecule has 1 aromatic carbocycles. The fourth-order valence-electron chi connectivity index (χ4n) is 2.95. The Kier molecular flexibility index (Phi) is 7.37. The number of alkyl halides is 3. The first-order valence-corrected chi connectivity index (χ1v) is 10.1. The molecule has 0 bridgehead atoms. The van der Waals surface area contributed by atoms with Crippen molar-refractivity contribution in [3.63, 3.8) is 0 Å². The Morgan fingerprint density at radius 1 is 1.25 bits per heavy atom. The van der Waals surface area contributed by atoms with Crippen molar-refractivity contribution in [1.82, 2.24) is 20.1 Å². The lowest BCUT2D eigenvalue weighted by Gasteiger charge is -2.14. The van der Waals surface area contributed by atoms with Gasteiger partial charge in [0, 0.05) is 17.8 Å². The fraction of sp³-hybridized carbons (Fsp3) is 0.286. The van der Waals surface area contributed by atoms with Crippen LogP contribution >= 0.6 is 11.6 Å². The van der Waals surface area contributed by atoms with Gasteiger partial charge in [-0.2, -0.15) is 18.3 Å². The van der Waals surface area contributed by atoms with Crippen LogP contribution in [-0.4, -0.2) is 38.9 Å². The summed E-state index contributed by atoms with van der Waals surface area (Å²) in [4.78, 5) is 16.8. The largest absolute Gasteiger partial charge is 0.435 e. The molecular weight excluding hydrogens is 447 g/mol. The van der Waals surface area contributed by atoms with Crippen LogP contribution in [0.25, 0.3) is 5.69 Å². The standard InChI is InChI=1S/C21H21ClF3N5O2/c1-13(14-5-6-19(27-11-14)26-7-8-31)20(32)28-12-17-10-18(21(23,24)25)29-30(17)16-4-2-3-15(22)9-16/h2-6,9-11,13,31H,7-8,12H2,1H3,(H,26,27)(H,28,32). The lowest BCUT2D eigenvalue weighted by atomic mass is 10.0. The first kappa shape index (κ1) is 23.6. The summed E-state index contributed by atoms with van der Waals surface area (Å²) in [5, 5.41) is 18.4. The average molecular weight is 468 g/mol. The van der Waals surface area contributed by atoms with E-state index in [4.69, 9.17) is 16.7 Å². The molecule has 3 rings (SSSR count). The Hall–Kier alpha value is -3.11. The van der Waals surface area contributed by atoms with Crippen LogP contribution in [0.4, 0.5) is 19.0 Å². The summed E-state index contributed by atoms with van der Waals surface area (Å²) in [6.07, 6.45) is -3.10. The Labute approximate surface area is 187 Å². The van der Waals surface area contributed by atoms with Gasteiger partial charge in [-0.3, -0.25) is 4.79 Å². The maximum atomic E-state index is 13.2. The second-order valence-electron chi connectivity index (χ2n) is 6.98. The molecule has 0 aliphatic rings. The van der Waals surface area contributed by atoms with Gasteiger partial charge < -0.3 is 15.7 Å². The van der Waals surface area contributed by atoms with E-state index in [9.17, 15) is 18.0 Å². The van der Waals surface area contributed by atoms with E-state index in [2.05, 4.69) is 20.7 Å². The van der Waals surface area contributed by atoms with E-state index in [-0.39, 0.29) is 24.8 Å². The lowest BCUT2D eigenvalue weighted by molar-refractivity contribution is -0.141. The summed E-state index contributed by atoms with van der Waals surface area (Å²) < 4.78 is 40.8.